The van der Waals surface area contributed by atoms with Gasteiger partial charge in [0.25, 0.3) is 0 Å². The van der Waals surface area contributed by atoms with Crippen molar-refractivity contribution < 1.29 is 27.8 Å². The molecule has 2 heterocycles. The number of hydrogen-bond acceptors (Lipinski definition) is 2. The number of carboxylic acid groups (broad SMARTS) is 1. The van der Waals surface area contributed by atoms with E-state index in [9.17, 15) is 18.0 Å². The largest absolute Gasteiger partial charge is 0.489 e. The smallest absolute Gasteiger partial charge is 0.416 e. The quantitative estimate of drug-likeness (QED) is 0.458. The van der Waals surface area contributed by atoms with Crippen LogP contribution in [0.4, 0.5) is 13.2 Å². The van der Waals surface area contributed by atoms with Gasteiger partial charge in [0, 0.05) is 29.1 Å². The molecular formula is C25H26F3NO3. The Morgan fingerprint density at radius 1 is 1.19 bits per heavy atom. The molecule has 170 valence electrons. The summed E-state index contributed by atoms with van der Waals surface area (Å²) in [5.74, 6) is -0.120. The fraction of sp³-hybridized carbons (Fsp3) is 0.400. The highest BCUT2D eigenvalue weighted by atomic mass is 19.4. The number of fused-ring (bicyclic) bond motifs is 3. The number of benzene rings is 2. The molecule has 1 atom stereocenters. The van der Waals surface area contributed by atoms with E-state index >= 15 is 0 Å². The number of hydrogen-bond donors (Lipinski definition) is 1. The van der Waals surface area contributed by atoms with Crippen molar-refractivity contribution in [2.24, 2.45) is 5.92 Å². The van der Waals surface area contributed by atoms with E-state index in [1.807, 2.05) is 32.0 Å². The zero-order valence-corrected chi connectivity index (χ0v) is 18.1. The number of alkyl halides is 3. The SMILES string of the molecule is CC(C)Cc1ccc(COc2ccc3c(c2)cc2n3CCC2CC(=O)O)cc1C(F)(F)F. The van der Waals surface area contributed by atoms with Gasteiger partial charge >= 0.3 is 12.1 Å². The van der Waals surface area contributed by atoms with E-state index in [2.05, 4.69) is 4.57 Å². The van der Waals surface area contributed by atoms with Gasteiger partial charge in [-0.15, -0.1) is 0 Å². The summed E-state index contributed by atoms with van der Waals surface area (Å²) in [6.07, 6.45) is -3.12. The first-order chi connectivity index (χ1) is 15.1. The lowest BCUT2D eigenvalue weighted by Crippen LogP contribution is -2.12. The van der Waals surface area contributed by atoms with E-state index < -0.39 is 17.7 Å². The van der Waals surface area contributed by atoms with Crippen molar-refractivity contribution >= 4 is 16.9 Å². The molecule has 1 aliphatic heterocycles. The minimum absolute atomic E-state index is 0.00517. The second-order valence-corrected chi connectivity index (χ2v) is 8.90. The Balaban J connectivity index is 1.53. The van der Waals surface area contributed by atoms with Gasteiger partial charge in [0.05, 0.1) is 12.0 Å². The maximum absolute atomic E-state index is 13.5. The van der Waals surface area contributed by atoms with Crippen LogP contribution in [-0.2, 0) is 30.5 Å². The van der Waals surface area contributed by atoms with Crippen LogP contribution in [0.3, 0.4) is 0 Å². The van der Waals surface area contributed by atoms with Crippen LogP contribution >= 0.6 is 0 Å². The zero-order valence-electron chi connectivity index (χ0n) is 18.1. The summed E-state index contributed by atoms with van der Waals surface area (Å²) in [5, 5.41) is 10.1. The molecule has 1 unspecified atom stereocenters. The van der Waals surface area contributed by atoms with E-state index in [1.165, 1.54) is 6.07 Å². The Kier molecular flexibility index (Phi) is 5.93. The summed E-state index contributed by atoms with van der Waals surface area (Å²) in [7, 11) is 0. The highest BCUT2D eigenvalue weighted by Crippen LogP contribution is 2.38. The lowest BCUT2D eigenvalue weighted by Gasteiger charge is -2.16. The number of halogens is 3. The van der Waals surface area contributed by atoms with Gasteiger partial charge in [-0.25, -0.2) is 0 Å². The van der Waals surface area contributed by atoms with E-state index in [1.54, 1.807) is 18.2 Å². The number of aliphatic carboxylic acids is 1. The molecular weight excluding hydrogens is 419 g/mol. The van der Waals surface area contributed by atoms with Crippen molar-refractivity contribution in [2.75, 3.05) is 0 Å². The summed E-state index contributed by atoms with van der Waals surface area (Å²) >= 11 is 0. The van der Waals surface area contributed by atoms with Crippen LogP contribution in [0.1, 0.15) is 55.0 Å². The third-order valence-corrected chi connectivity index (χ3v) is 5.96. The van der Waals surface area contributed by atoms with Crippen molar-refractivity contribution in [3.05, 3.63) is 64.8 Å². The monoisotopic (exact) mass is 445 g/mol. The standard InChI is InChI=1S/C25H26F3NO3/c1-15(2)9-17-4-3-16(10-21(17)25(26,27)28)14-32-20-5-6-22-19(11-20)12-23-18(13-24(30)31)7-8-29(22)23/h3-6,10-12,15,18H,7-9,13-14H2,1-2H3,(H,30,31). The van der Waals surface area contributed by atoms with Crippen LogP contribution in [-0.4, -0.2) is 15.6 Å². The molecule has 1 N–H and O–H groups in total. The Labute approximate surface area is 184 Å². The first kappa shape index (κ1) is 22.2. The molecule has 0 spiro atoms. The number of aryl methyl sites for hydroxylation is 1. The Hall–Kier alpha value is -2.96. The highest BCUT2D eigenvalue weighted by Gasteiger charge is 2.33. The van der Waals surface area contributed by atoms with Gasteiger partial charge in [-0.05, 0) is 60.2 Å². The van der Waals surface area contributed by atoms with Crippen LogP contribution in [0.2, 0.25) is 0 Å². The number of aromatic nitrogens is 1. The molecule has 0 aliphatic carbocycles. The molecule has 0 saturated heterocycles. The summed E-state index contributed by atoms with van der Waals surface area (Å²) in [6.45, 7) is 4.61. The van der Waals surface area contributed by atoms with Crippen LogP contribution in [0.15, 0.2) is 42.5 Å². The molecule has 32 heavy (non-hydrogen) atoms. The second-order valence-electron chi connectivity index (χ2n) is 8.90. The molecule has 2 aromatic carbocycles. The van der Waals surface area contributed by atoms with Crippen molar-refractivity contribution in [2.45, 2.75) is 58.4 Å². The maximum Gasteiger partial charge on any atom is 0.416 e. The first-order valence-corrected chi connectivity index (χ1v) is 10.8. The predicted molar refractivity (Wildman–Crippen MR) is 116 cm³/mol. The fourth-order valence-electron chi connectivity index (χ4n) is 4.56. The molecule has 0 bridgehead atoms. The molecule has 3 aromatic rings. The van der Waals surface area contributed by atoms with Crippen molar-refractivity contribution in [1.82, 2.24) is 4.57 Å². The van der Waals surface area contributed by atoms with E-state index in [0.29, 0.717) is 23.3 Å². The minimum Gasteiger partial charge on any atom is -0.489 e. The molecule has 0 amide bonds. The molecule has 0 radical (unpaired) electrons. The number of ether oxygens (including phenoxy) is 1. The molecule has 4 rings (SSSR count). The third kappa shape index (κ3) is 4.61. The number of rotatable bonds is 7. The average Bonchev–Trinajstić information content (AvgIpc) is 3.25. The van der Waals surface area contributed by atoms with E-state index in [4.69, 9.17) is 9.84 Å². The molecule has 7 heteroatoms. The van der Waals surface area contributed by atoms with Crippen molar-refractivity contribution in [1.29, 1.82) is 0 Å². The molecule has 1 aliphatic rings. The molecule has 4 nitrogen and oxygen atoms in total. The second kappa shape index (κ2) is 8.52. The lowest BCUT2D eigenvalue weighted by molar-refractivity contribution is -0.138. The predicted octanol–water partition coefficient (Wildman–Crippen LogP) is 6.40. The molecule has 0 fully saturated rings. The Morgan fingerprint density at radius 3 is 2.66 bits per heavy atom. The van der Waals surface area contributed by atoms with Gasteiger partial charge in [0.1, 0.15) is 12.4 Å². The fourth-order valence-corrected chi connectivity index (χ4v) is 4.56. The van der Waals surface area contributed by atoms with Crippen LogP contribution in [0.5, 0.6) is 5.75 Å². The van der Waals surface area contributed by atoms with Gasteiger partial charge < -0.3 is 14.4 Å². The normalized spacial score (nSPS) is 16.0. The number of carboxylic acids is 1. The van der Waals surface area contributed by atoms with Gasteiger partial charge in [-0.3, -0.25) is 4.79 Å². The van der Waals surface area contributed by atoms with Crippen molar-refractivity contribution in [3.8, 4) is 5.75 Å². The summed E-state index contributed by atoms with van der Waals surface area (Å²) in [5.41, 5.74) is 2.19. The summed E-state index contributed by atoms with van der Waals surface area (Å²) in [4.78, 5) is 11.1. The average molecular weight is 445 g/mol. The molecule has 0 saturated carbocycles. The summed E-state index contributed by atoms with van der Waals surface area (Å²) < 4.78 is 48.5. The van der Waals surface area contributed by atoms with Gasteiger partial charge in [-0.2, -0.15) is 13.2 Å². The first-order valence-electron chi connectivity index (χ1n) is 10.8. The van der Waals surface area contributed by atoms with E-state index in [0.717, 1.165) is 29.6 Å². The highest BCUT2D eigenvalue weighted by molar-refractivity contribution is 5.83. The zero-order chi connectivity index (χ0) is 23.0. The molecule has 1 aromatic heterocycles. The Bertz CT molecular complexity index is 1150. The van der Waals surface area contributed by atoms with Gasteiger partial charge in [0.2, 0.25) is 0 Å². The van der Waals surface area contributed by atoms with Gasteiger partial charge in [-0.1, -0.05) is 26.0 Å². The maximum atomic E-state index is 13.5. The number of nitrogens with zero attached hydrogens (tertiary/aromatic N) is 1. The minimum atomic E-state index is -4.40. The van der Waals surface area contributed by atoms with E-state index in [-0.39, 0.29) is 24.9 Å². The topological polar surface area (TPSA) is 51.5 Å². The van der Waals surface area contributed by atoms with Crippen molar-refractivity contribution in [3.63, 3.8) is 0 Å². The van der Waals surface area contributed by atoms with Gasteiger partial charge in [0.15, 0.2) is 0 Å². The Morgan fingerprint density at radius 2 is 1.97 bits per heavy atom. The van der Waals surface area contributed by atoms with Crippen LogP contribution < -0.4 is 4.74 Å². The summed E-state index contributed by atoms with van der Waals surface area (Å²) in [6, 6.07) is 12.0. The number of carbonyl (C=O) groups is 1. The third-order valence-electron chi connectivity index (χ3n) is 5.96. The van der Waals surface area contributed by atoms with Crippen LogP contribution in [0.25, 0.3) is 10.9 Å². The van der Waals surface area contributed by atoms with Crippen LogP contribution in [0, 0.1) is 5.92 Å². The lowest BCUT2D eigenvalue weighted by atomic mass is 9.96.